The lowest BCUT2D eigenvalue weighted by Gasteiger charge is -2.42. The number of nitrogens with zero attached hydrogens (tertiary/aromatic N) is 4. The van der Waals surface area contributed by atoms with E-state index < -0.39 is 0 Å². The second-order valence-electron chi connectivity index (χ2n) is 6.76. The molecule has 1 atom stereocenters. The van der Waals surface area contributed by atoms with E-state index in [0.29, 0.717) is 0 Å². The normalized spacial score (nSPS) is 26.4. The number of hydrogen-bond donors (Lipinski definition) is 1. The molecular weight excluding hydrogens is 264 g/mol. The summed E-state index contributed by atoms with van der Waals surface area (Å²) >= 11 is 0. The van der Waals surface area contributed by atoms with Gasteiger partial charge < -0.3 is 10.0 Å². The Morgan fingerprint density at radius 1 is 1.29 bits per heavy atom. The van der Waals surface area contributed by atoms with Gasteiger partial charge in [0.1, 0.15) is 0 Å². The van der Waals surface area contributed by atoms with E-state index in [4.69, 9.17) is 0 Å². The number of anilines is 1. The fraction of sp³-hybridized carbons (Fsp3) is 0.625. The van der Waals surface area contributed by atoms with E-state index in [-0.39, 0.29) is 12.0 Å². The second kappa shape index (κ2) is 4.98. The molecular formula is C16H22N4O. The first kappa shape index (κ1) is 13.1. The molecule has 0 radical (unpaired) electrons. The molecule has 1 unspecified atom stereocenters. The van der Waals surface area contributed by atoms with Crippen LogP contribution in [-0.4, -0.2) is 39.4 Å². The molecule has 0 spiro atoms. The smallest absolute Gasteiger partial charge is 0.231 e. The molecule has 0 aromatic carbocycles. The van der Waals surface area contributed by atoms with Crippen LogP contribution in [0.5, 0.6) is 0 Å². The van der Waals surface area contributed by atoms with E-state index in [1.165, 1.54) is 12.8 Å². The molecule has 1 N–H and O–H groups in total. The van der Waals surface area contributed by atoms with Gasteiger partial charge in [-0.3, -0.25) is 4.40 Å². The Morgan fingerprint density at radius 3 is 3.00 bits per heavy atom. The molecule has 4 rings (SSSR count). The monoisotopic (exact) mass is 286 g/mol. The average molecular weight is 286 g/mol. The van der Waals surface area contributed by atoms with Gasteiger partial charge in [-0.05, 0) is 37.3 Å². The Balaban J connectivity index is 1.62. The molecule has 2 fully saturated rings. The van der Waals surface area contributed by atoms with Crippen LogP contribution < -0.4 is 4.90 Å². The highest BCUT2D eigenvalue weighted by molar-refractivity contribution is 5.46. The maximum Gasteiger partial charge on any atom is 0.231 e. The Bertz CT molecular complexity index is 636. The predicted molar refractivity (Wildman–Crippen MR) is 81.3 cm³/mol. The Labute approximate surface area is 124 Å². The zero-order valence-corrected chi connectivity index (χ0v) is 12.3. The van der Waals surface area contributed by atoms with Gasteiger partial charge in [-0.1, -0.05) is 18.9 Å². The minimum absolute atomic E-state index is 0.0556. The Morgan fingerprint density at radius 2 is 2.19 bits per heavy atom. The summed E-state index contributed by atoms with van der Waals surface area (Å²) in [6, 6.07) is 5.96. The number of pyridine rings is 1. The highest BCUT2D eigenvalue weighted by Crippen LogP contribution is 2.44. The summed E-state index contributed by atoms with van der Waals surface area (Å²) in [5.41, 5.74) is 0.940. The van der Waals surface area contributed by atoms with Crippen molar-refractivity contribution in [3.05, 3.63) is 24.4 Å². The maximum atomic E-state index is 9.98. The lowest BCUT2D eigenvalue weighted by Crippen LogP contribution is -2.46. The molecule has 1 aliphatic heterocycles. The van der Waals surface area contributed by atoms with Gasteiger partial charge in [-0.25, -0.2) is 0 Å². The third-order valence-corrected chi connectivity index (χ3v) is 4.99. The van der Waals surface area contributed by atoms with Gasteiger partial charge in [-0.15, -0.1) is 10.2 Å². The van der Waals surface area contributed by atoms with Crippen LogP contribution >= 0.6 is 0 Å². The van der Waals surface area contributed by atoms with E-state index in [0.717, 1.165) is 49.9 Å². The fourth-order valence-electron chi connectivity index (χ4n) is 3.72. The summed E-state index contributed by atoms with van der Waals surface area (Å²) in [5.74, 6) is 1.76. The lowest BCUT2D eigenvalue weighted by atomic mass is 9.76. The Kier molecular flexibility index (Phi) is 3.10. The fourth-order valence-corrected chi connectivity index (χ4v) is 3.72. The first-order chi connectivity index (χ1) is 10.3. The number of piperidine rings is 1. The van der Waals surface area contributed by atoms with Crippen LogP contribution in [0.1, 0.15) is 32.1 Å². The molecule has 5 nitrogen and oxygen atoms in total. The molecule has 2 aliphatic rings. The predicted octanol–water partition coefficient (Wildman–Crippen LogP) is 2.11. The molecule has 1 saturated heterocycles. The van der Waals surface area contributed by atoms with Crippen molar-refractivity contribution in [3.8, 4) is 0 Å². The quantitative estimate of drug-likeness (QED) is 0.935. The van der Waals surface area contributed by atoms with Crippen LogP contribution in [0.4, 0.5) is 5.95 Å². The van der Waals surface area contributed by atoms with Crippen molar-refractivity contribution in [2.75, 3.05) is 24.6 Å². The van der Waals surface area contributed by atoms with Gasteiger partial charge in [0.2, 0.25) is 5.95 Å². The summed E-state index contributed by atoms with van der Waals surface area (Å²) in [6.45, 7) is 2.19. The van der Waals surface area contributed by atoms with Crippen LogP contribution in [0.25, 0.3) is 5.65 Å². The van der Waals surface area contributed by atoms with E-state index in [2.05, 4.69) is 15.1 Å². The van der Waals surface area contributed by atoms with Crippen LogP contribution in [0.3, 0.4) is 0 Å². The van der Waals surface area contributed by atoms with Gasteiger partial charge in [-0.2, -0.15) is 0 Å². The topological polar surface area (TPSA) is 53.7 Å². The number of aliphatic hydroxyl groups excluding tert-OH is 1. The first-order valence-electron chi connectivity index (χ1n) is 7.95. The summed E-state index contributed by atoms with van der Waals surface area (Å²) in [7, 11) is 0. The largest absolute Gasteiger partial charge is 0.396 e. The van der Waals surface area contributed by atoms with Gasteiger partial charge >= 0.3 is 0 Å². The SMILES string of the molecule is OCC1(CC2CC2)CCCN(c2nnc3ccccn23)C1. The third kappa shape index (κ3) is 2.39. The summed E-state index contributed by atoms with van der Waals surface area (Å²) in [5, 5.41) is 18.6. The van der Waals surface area contributed by atoms with Crippen molar-refractivity contribution in [1.29, 1.82) is 0 Å². The molecule has 1 saturated carbocycles. The van der Waals surface area contributed by atoms with Gasteiger partial charge in [0.25, 0.3) is 0 Å². The molecule has 3 heterocycles. The summed E-state index contributed by atoms with van der Waals surface area (Å²) in [4.78, 5) is 2.31. The molecule has 0 bridgehead atoms. The van der Waals surface area contributed by atoms with Crippen molar-refractivity contribution >= 4 is 11.6 Å². The van der Waals surface area contributed by atoms with E-state index in [9.17, 15) is 5.11 Å². The van der Waals surface area contributed by atoms with Gasteiger partial charge in [0.15, 0.2) is 5.65 Å². The van der Waals surface area contributed by atoms with E-state index in [1.54, 1.807) is 0 Å². The van der Waals surface area contributed by atoms with Gasteiger partial charge in [0.05, 0.1) is 6.61 Å². The van der Waals surface area contributed by atoms with Gasteiger partial charge in [0, 0.05) is 24.7 Å². The number of hydrogen-bond acceptors (Lipinski definition) is 4. The molecule has 21 heavy (non-hydrogen) atoms. The lowest BCUT2D eigenvalue weighted by molar-refractivity contribution is 0.0898. The van der Waals surface area contributed by atoms with E-state index in [1.807, 2.05) is 28.8 Å². The standard InChI is InChI=1S/C16H22N4O/c21-12-16(10-13-5-6-13)7-3-8-19(11-16)15-18-17-14-4-1-2-9-20(14)15/h1-2,4,9,13,21H,3,5-8,10-12H2. The summed E-state index contributed by atoms with van der Waals surface area (Å²) < 4.78 is 2.05. The van der Waals surface area contributed by atoms with Crippen molar-refractivity contribution < 1.29 is 5.11 Å². The average Bonchev–Trinajstić information content (AvgIpc) is 3.23. The Hall–Kier alpha value is -1.62. The number of aliphatic hydroxyl groups is 1. The first-order valence-corrected chi connectivity index (χ1v) is 7.95. The molecule has 112 valence electrons. The minimum atomic E-state index is 0.0556. The van der Waals surface area contributed by atoms with Crippen molar-refractivity contribution in [2.24, 2.45) is 11.3 Å². The summed E-state index contributed by atoms with van der Waals surface area (Å²) in [6.07, 6.45) is 8.12. The van der Waals surface area contributed by atoms with Crippen LogP contribution in [0, 0.1) is 11.3 Å². The second-order valence-corrected chi connectivity index (χ2v) is 6.76. The highest BCUT2D eigenvalue weighted by atomic mass is 16.3. The van der Waals surface area contributed by atoms with Crippen LogP contribution in [0.2, 0.25) is 0 Å². The molecule has 5 heteroatoms. The molecule has 1 aliphatic carbocycles. The molecule has 2 aromatic rings. The maximum absolute atomic E-state index is 9.98. The van der Waals surface area contributed by atoms with Crippen molar-refractivity contribution in [1.82, 2.24) is 14.6 Å². The third-order valence-electron chi connectivity index (χ3n) is 4.99. The molecule has 0 amide bonds. The van der Waals surface area contributed by atoms with Crippen molar-refractivity contribution in [3.63, 3.8) is 0 Å². The highest BCUT2D eigenvalue weighted by Gasteiger charge is 2.40. The van der Waals surface area contributed by atoms with Crippen molar-refractivity contribution in [2.45, 2.75) is 32.1 Å². The number of rotatable bonds is 4. The van der Waals surface area contributed by atoms with Crippen LogP contribution in [-0.2, 0) is 0 Å². The van der Waals surface area contributed by atoms with E-state index >= 15 is 0 Å². The number of fused-ring (bicyclic) bond motifs is 1. The zero-order chi connectivity index (χ0) is 14.3. The molecule has 2 aromatic heterocycles. The zero-order valence-electron chi connectivity index (χ0n) is 12.3. The van der Waals surface area contributed by atoms with Crippen LogP contribution in [0.15, 0.2) is 24.4 Å². The number of aromatic nitrogens is 3. The minimum Gasteiger partial charge on any atom is -0.396 e.